The molecule has 0 unspecified atom stereocenters. The van der Waals surface area contributed by atoms with Crippen LogP contribution in [0.15, 0.2) is 42.5 Å². The Balaban J connectivity index is 1.18. The number of hydrogen-bond acceptors (Lipinski definition) is 3. The molecule has 0 radical (unpaired) electrons. The molecular formula is C25H28N4O2. The van der Waals surface area contributed by atoms with Crippen LogP contribution in [-0.4, -0.2) is 39.3 Å². The van der Waals surface area contributed by atoms with Gasteiger partial charge in [0.05, 0.1) is 17.9 Å². The number of carbonyl (C=O) groups is 2. The molecule has 2 aromatic carbocycles. The minimum atomic E-state index is -0.0234. The van der Waals surface area contributed by atoms with Crippen LogP contribution in [0.25, 0.3) is 10.8 Å². The lowest BCUT2D eigenvalue weighted by molar-refractivity contribution is -0.137. The van der Waals surface area contributed by atoms with Crippen molar-refractivity contribution in [1.82, 2.24) is 20.2 Å². The van der Waals surface area contributed by atoms with Crippen LogP contribution in [0, 0.1) is 12.8 Å². The summed E-state index contributed by atoms with van der Waals surface area (Å²) in [6, 6.07) is 13.9. The number of fused-ring (bicyclic) bond motifs is 2. The summed E-state index contributed by atoms with van der Waals surface area (Å²) in [5, 5.41) is 5.25. The van der Waals surface area contributed by atoms with Gasteiger partial charge in [-0.3, -0.25) is 9.59 Å². The summed E-state index contributed by atoms with van der Waals surface area (Å²) in [5.41, 5.74) is 2.89. The molecule has 1 aliphatic carbocycles. The first-order valence-corrected chi connectivity index (χ1v) is 11.2. The summed E-state index contributed by atoms with van der Waals surface area (Å²) in [6.45, 7) is 3.33. The molecule has 6 heteroatoms. The monoisotopic (exact) mass is 416 g/mol. The average molecular weight is 417 g/mol. The molecule has 2 N–H and O–H groups in total. The van der Waals surface area contributed by atoms with Crippen LogP contribution in [0.1, 0.15) is 53.3 Å². The van der Waals surface area contributed by atoms with Crippen LogP contribution in [0.3, 0.4) is 0 Å². The Morgan fingerprint density at radius 3 is 2.68 bits per heavy atom. The van der Waals surface area contributed by atoms with Gasteiger partial charge in [0.25, 0.3) is 5.91 Å². The van der Waals surface area contributed by atoms with Gasteiger partial charge in [-0.1, -0.05) is 36.4 Å². The van der Waals surface area contributed by atoms with Crippen molar-refractivity contribution in [3.05, 3.63) is 65.2 Å². The maximum atomic E-state index is 13.1. The Morgan fingerprint density at radius 1 is 1.06 bits per heavy atom. The van der Waals surface area contributed by atoms with E-state index in [1.165, 1.54) is 0 Å². The van der Waals surface area contributed by atoms with E-state index in [1.54, 1.807) is 0 Å². The molecule has 160 valence electrons. The quantitative estimate of drug-likeness (QED) is 0.683. The van der Waals surface area contributed by atoms with Gasteiger partial charge in [-0.05, 0) is 49.4 Å². The lowest BCUT2D eigenvalue weighted by Gasteiger charge is -2.34. The van der Waals surface area contributed by atoms with E-state index in [9.17, 15) is 9.59 Å². The lowest BCUT2D eigenvalue weighted by atomic mass is 9.84. The Bertz CT molecular complexity index is 1120. The SMILES string of the molecule is Cc1nc2c([nH]1)CN(C(=O)C1CCC(NC(=O)c3cccc4ccccc34)CC1)CC2. The van der Waals surface area contributed by atoms with Crippen LogP contribution in [0.5, 0.6) is 0 Å². The number of carbonyl (C=O) groups excluding carboxylic acids is 2. The molecule has 0 bridgehead atoms. The van der Waals surface area contributed by atoms with Gasteiger partial charge in [-0.2, -0.15) is 0 Å². The third-order valence-electron chi connectivity index (χ3n) is 6.71. The molecule has 2 heterocycles. The number of rotatable bonds is 3. The number of aryl methyl sites for hydroxylation is 1. The van der Waals surface area contributed by atoms with E-state index >= 15 is 0 Å². The Kier molecular flexibility index (Phi) is 5.22. The molecule has 0 spiro atoms. The van der Waals surface area contributed by atoms with E-state index in [0.29, 0.717) is 6.54 Å². The van der Waals surface area contributed by atoms with Crippen LogP contribution >= 0.6 is 0 Å². The number of nitrogens with zero attached hydrogens (tertiary/aromatic N) is 2. The van der Waals surface area contributed by atoms with Crippen LogP contribution < -0.4 is 5.32 Å². The summed E-state index contributed by atoms with van der Waals surface area (Å²) in [4.78, 5) is 35.7. The predicted octanol–water partition coefficient (Wildman–Crippen LogP) is 3.74. The number of aromatic amines is 1. The Labute approximate surface area is 182 Å². The minimum Gasteiger partial charge on any atom is -0.349 e. The maximum Gasteiger partial charge on any atom is 0.252 e. The fraction of sp³-hybridized carbons (Fsp3) is 0.400. The second-order valence-corrected chi connectivity index (χ2v) is 8.81. The molecule has 1 fully saturated rings. The maximum absolute atomic E-state index is 13.1. The fourth-order valence-electron chi connectivity index (χ4n) is 5.05. The van der Waals surface area contributed by atoms with E-state index in [0.717, 1.165) is 72.2 Å². The number of amides is 2. The zero-order valence-corrected chi connectivity index (χ0v) is 17.9. The van der Waals surface area contributed by atoms with Gasteiger partial charge in [0.15, 0.2) is 0 Å². The van der Waals surface area contributed by atoms with Crippen molar-refractivity contribution in [2.75, 3.05) is 6.54 Å². The average Bonchev–Trinajstić information content (AvgIpc) is 3.18. The van der Waals surface area contributed by atoms with Crippen LogP contribution in [0.2, 0.25) is 0 Å². The van der Waals surface area contributed by atoms with E-state index < -0.39 is 0 Å². The molecule has 1 aliphatic heterocycles. The number of hydrogen-bond donors (Lipinski definition) is 2. The molecular weight excluding hydrogens is 388 g/mol. The summed E-state index contributed by atoms with van der Waals surface area (Å²) < 4.78 is 0. The van der Waals surface area contributed by atoms with Gasteiger partial charge in [0.1, 0.15) is 5.82 Å². The van der Waals surface area contributed by atoms with Crippen molar-refractivity contribution in [1.29, 1.82) is 0 Å². The first kappa shape index (κ1) is 19.8. The summed E-state index contributed by atoms with van der Waals surface area (Å²) >= 11 is 0. The van der Waals surface area contributed by atoms with E-state index in [1.807, 2.05) is 54.3 Å². The lowest BCUT2D eigenvalue weighted by Crippen LogP contribution is -2.43. The standard InChI is InChI=1S/C25H28N4O2/c1-16-26-22-13-14-29(15-23(22)27-16)25(31)18-9-11-19(12-10-18)28-24(30)21-8-4-6-17-5-2-3-7-20(17)21/h2-8,18-19H,9-15H2,1H3,(H,26,27)(H,28,30). The van der Waals surface area contributed by atoms with Gasteiger partial charge in [0.2, 0.25) is 5.91 Å². The first-order chi connectivity index (χ1) is 15.1. The van der Waals surface area contributed by atoms with E-state index in [-0.39, 0.29) is 23.8 Å². The topological polar surface area (TPSA) is 78.1 Å². The van der Waals surface area contributed by atoms with Crippen molar-refractivity contribution < 1.29 is 9.59 Å². The molecule has 2 aliphatic rings. The van der Waals surface area contributed by atoms with Crippen molar-refractivity contribution in [3.8, 4) is 0 Å². The highest BCUT2D eigenvalue weighted by molar-refractivity contribution is 6.07. The molecule has 0 atom stereocenters. The molecule has 0 saturated heterocycles. The Hall–Kier alpha value is -3.15. The predicted molar refractivity (Wildman–Crippen MR) is 120 cm³/mol. The molecule has 31 heavy (non-hydrogen) atoms. The number of benzene rings is 2. The fourth-order valence-corrected chi connectivity index (χ4v) is 5.05. The molecule has 5 rings (SSSR count). The van der Waals surface area contributed by atoms with Crippen LogP contribution in [0.4, 0.5) is 0 Å². The summed E-state index contributed by atoms with van der Waals surface area (Å²) in [5.74, 6) is 1.19. The number of H-pyrrole nitrogens is 1. The third kappa shape index (κ3) is 3.94. The molecule has 1 aromatic heterocycles. The van der Waals surface area contributed by atoms with Gasteiger partial charge < -0.3 is 15.2 Å². The smallest absolute Gasteiger partial charge is 0.252 e. The second-order valence-electron chi connectivity index (χ2n) is 8.81. The van der Waals surface area contributed by atoms with E-state index in [4.69, 9.17) is 0 Å². The summed E-state index contributed by atoms with van der Waals surface area (Å²) in [7, 11) is 0. The zero-order chi connectivity index (χ0) is 21.4. The van der Waals surface area contributed by atoms with Gasteiger partial charge in [-0.15, -0.1) is 0 Å². The molecule has 2 amide bonds. The second kappa shape index (κ2) is 8.17. The third-order valence-corrected chi connectivity index (χ3v) is 6.71. The molecule has 3 aromatic rings. The van der Waals surface area contributed by atoms with Crippen molar-refractivity contribution in [2.24, 2.45) is 5.92 Å². The first-order valence-electron chi connectivity index (χ1n) is 11.2. The highest BCUT2D eigenvalue weighted by atomic mass is 16.2. The van der Waals surface area contributed by atoms with Crippen molar-refractivity contribution in [2.45, 2.75) is 51.6 Å². The van der Waals surface area contributed by atoms with E-state index in [2.05, 4.69) is 15.3 Å². The zero-order valence-electron chi connectivity index (χ0n) is 17.9. The van der Waals surface area contributed by atoms with Gasteiger partial charge in [-0.25, -0.2) is 4.98 Å². The summed E-state index contributed by atoms with van der Waals surface area (Å²) in [6.07, 6.45) is 4.15. The number of aromatic nitrogens is 2. The highest BCUT2D eigenvalue weighted by Gasteiger charge is 2.32. The minimum absolute atomic E-state index is 0.0234. The number of nitrogens with one attached hydrogen (secondary N) is 2. The van der Waals surface area contributed by atoms with Crippen molar-refractivity contribution in [3.63, 3.8) is 0 Å². The highest BCUT2D eigenvalue weighted by Crippen LogP contribution is 2.28. The van der Waals surface area contributed by atoms with Gasteiger partial charge >= 0.3 is 0 Å². The normalized spacial score (nSPS) is 21.0. The van der Waals surface area contributed by atoms with Crippen molar-refractivity contribution >= 4 is 22.6 Å². The van der Waals surface area contributed by atoms with Gasteiger partial charge in [0, 0.05) is 30.5 Å². The molecule has 6 nitrogen and oxygen atoms in total. The largest absolute Gasteiger partial charge is 0.349 e. The Morgan fingerprint density at radius 2 is 1.84 bits per heavy atom. The van der Waals surface area contributed by atoms with Crippen LogP contribution in [-0.2, 0) is 17.8 Å². The number of imidazole rings is 1. The molecule has 1 saturated carbocycles.